The topological polar surface area (TPSA) is 98.6 Å². The Morgan fingerprint density at radius 2 is 1.95 bits per heavy atom. The molecule has 1 aliphatic rings. The number of ether oxygens (including phenoxy) is 1. The molecule has 2 rings (SSSR count). The van der Waals surface area contributed by atoms with Crippen LogP contribution in [0.1, 0.15) is 12.8 Å². The monoisotopic (exact) mass is 335 g/mol. The lowest BCUT2D eigenvalue weighted by Gasteiger charge is -2.30. The van der Waals surface area contributed by atoms with E-state index in [1.807, 2.05) is 0 Å². The Hall–Kier alpha value is -0.860. The molecule has 8 heteroatoms. The molecule has 0 aliphatic carbocycles. The van der Waals surface area contributed by atoms with Gasteiger partial charge in [-0.1, -0.05) is 0 Å². The van der Waals surface area contributed by atoms with Crippen molar-refractivity contribution in [3.8, 4) is 5.75 Å². The van der Waals surface area contributed by atoms with Gasteiger partial charge in [0.2, 0.25) is 10.0 Å². The summed E-state index contributed by atoms with van der Waals surface area (Å²) < 4.78 is 27.8. The molecule has 0 saturated carbocycles. The van der Waals surface area contributed by atoms with E-state index in [2.05, 4.69) is 4.90 Å². The first-order chi connectivity index (χ1) is 9.45. The number of halogens is 1. The number of sulfonamides is 1. The molecular formula is C13H22ClN3O3S. The number of rotatable bonds is 5. The van der Waals surface area contributed by atoms with Gasteiger partial charge in [0.05, 0.1) is 4.90 Å². The molecule has 1 atom stereocenters. The molecule has 0 unspecified atom stereocenters. The maximum atomic E-state index is 11.1. The SMILES string of the molecule is Cl.N[C@@H]1CCCN(CCOc2ccc(S(N)(=O)=O)cc2)C1. The van der Waals surface area contributed by atoms with E-state index >= 15 is 0 Å². The summed E-state index contributed by atoms with van der Waals surface area (Å²) in [5, 5.41) is 5.03. The van der Waals surface area contributed by atoms with Gasteiger partial charge < -0.3 is 10.5 Å². The van der Waals surface area contributed by atoms with E-state index < -0.39 is 10.0 Å². The highest BCUT2D eigenvalue weighted by molar-refractivity contribution is 7.89. The molecule has 1 aliphatic heterocycles. The van der Waals surface area contributed by atoms with Gasteiger partial charge >= 0.3 is 0 Å². The summed E-state index contributed by atoms with van der Waals surface area (Å²) in [6, 6.07) is 6.38. The van der Waals surface area contributed by atoms with Gasteiger partial charge in [-0.05, 0) is 43.7 Å². The highest BCUT2D eigenvalue weighted by atomic mass is 35.5. The Bertz CT molecular complexity index is 536. The fourth-order valence-electron chi connectivity index (χ4n) is 2.31. The number of hydrogen-bond donors (Lipinski definition) is 2. The number of benzene rings is 1. The van der Waals surface area contributed by atoms with Crippen LogP contribution in [0.5, 0.6) is 5.75 Å². The van der Waals surface area contributed by atoms with Crippen LogP contribution in [0.15, 0.2) is 29.2 Å². The van der Waals surface area contributed by atoms with E-state index in [9.17, 15) is 8.42 Å². The van der Waals surface area contributed by atoms with Gasteiger partial charge in [-0.2, -0.15) is 0 Å². The van der Waals surface area contributed by atoms with E-state index in [-0.39, 0.29) is 23.3 Å². The molecule has 1 aromatic rings. The number of primary sulfonamides is 1. The maximum Gasteiger partial charge on any atom is 0.238 e. The Labute approximate surface area is 131 Å². The van der Waals surface area contributed by atoms with Crippen molar-refractivity contribution in [1.29, 1.82) is 0 Å². The van der Waals surface area contributed by atoms with Crippen LogP contribution in [0.3, 0.4) is 0 Å². The normalized spacial score (nSPS) is 19.8. The van der Waals surface area contributed by atoms with E-state index in [0.717, 1.165) is 32.5 Å². The molecule has 1 aromatic carbocycles. The van der Waals surface area contributed by atoms with Gasteiger partial charge in [-0.15, -0.1) is 12.4 Å². The predicted molar refractivity (Wildman–Crippen MR) is 84.2 cm³/mol. The average Bonchev–Trinajstić information content (AvgIpc) is 2.38. The maximum absolute atomic E-state index is 11.1. The highest BCUT2D eigenvalue weighted by Crippen LogP contribution is 2.15. The third-order valence-electron chi connectivity index (χ3n) is 3.37. The van der Waals surface area contributed by atoms with Gasteiger partial charge in [0.1, 0.15) is 12.4 Å². The number of nitrogens with zero attached hydrogens (tertiary/aromatic N) is 1. The fraction of sp³-hybridized carbons (Fsp3) is 0.538. The molecule has 0 aromatic heterocycles. The summed E-state index contributed by atoms with van der Waals surface area (Å²) >= 11 is 0. The van der Waals surface area contributed by atoms with Crippen LogP contribution in [0.4, 0.5) is 0 Å². The van der Waals surface area contributed by atoms with Gasteiger partial charge in [0.25, 0.3) is 0 Å². The molecule has 0 spiro atoms. The Morgan fingerprint density at radius 1 is 1.29 bits per heavy atom. The Balaban J connectivity index is 0.00000220. The molecule has 21 heavy (non-hydrogen) atoms. The smallest absolute Gasteiger partial charge is 0.238 e. The average molecular weight is 336 g/mol. The Morgan fingerprint density at radius 3 is 2.52 bits per heavy atom. The molecule has 120 valence electrons. The van der Waals surface area contributed by atoms with E-state index in [1.165, 1.54) is 12.1 Å². The summed E-state index contributed by atoms with van der Waals surface area (Å²) in [5.74, 6) is 0.638. The zero-order valence-corrected chi connectivity index (χ0v) is 13.4. The van der Waals surface area contributed by atoms with Crippen LogP contribution in [0.2, 0.25) is 0 Å². The van der Waals surface area contributed by atoms with Crippen LogP contribution in [0.25, 0.3) is 0 Å². The molecule has 1 fully saturated rings. The van der Waals surface area contributed by atoms with E-state index in [0.29, 0.717) is 12.4 Å². The first-order valence-electron chi connectivity index (χ1n) is 6.69. The second kappa shape index (κ2) is 7.95. The summed E-state index contributed by atoms with van der Waals surface area (Å²) in [4.78, 5) is 2.37. The zero-order chi connectivity index (χ0) is 14.6. The predicted octanol–water partition coefficient (Wildman–Crippen LogP) is 0.558. The summed E-state index contributed by atoms with van der Waals surface area (Å²) in [6.07, 6.45) is 2.22. The van der Waals surface area contributed by atoms with Crippen molar-refractivity contribution in [1.82, 2.24) is 4.90 Å². The number of hydrogen-bond acceptors (Lipinski definition) is 5. The van der Waals surface area contributed by atoms with Gasteiger partial charge in [-0.3, -0.25) is 4.90 Å². The number of piperidine rings is 1. The molecule has 4 N–H and O–H groups in total. The second-order valence-corrected chi connectivity index (χ2v) is 6.63. The van der Waals surface area contributed by atoms with Crippen LogP contribution in [-0.4, -0.2) is 45.6 Å². The molecule has 0 amide bonds. The third kappa shape index (κ3) is 5.80. The molecular weight excluding hydrogens is 314 g/mol. The summed E-state index contributed by atoms with van der Waals surface area (Å²) in [7, 11) is -3.64. The lowest BCUT2D eigenvalue weighted by atomic mass is 10.1. The lowest BCUT2D eigenvalue weighted by Crippen LogP contribution is -2.44. The number of likely N-dealkylation sites (tertiary alicyclic amines) is 1. The van der Waals surface area contributed by atoms with Crippen molar-refractivity contribution in [2.24, 2.45) is 10.9 Å². The zero-order valence-electron chi connectivity index (χ0n) is 11.8. The summed E-state index contributed by atoms with van der Waals surface area (Å²) in [5.41, 5.74) is 5.91. The van der Waals surface area contributed by atoms with Crippen molar-refractivity contribution >= 4 is 22.4 Å². The van der Waals surface area contributed by atoms with Crippen molar-refractivity contribution < 1.29 is 13.2 Å². The molecule has 0 radical (unpaired) electrons. The minimum atomic E-state index is -3.64. The second-order valence-electron chi connectivity index (χ2n) is 5.07. The largest absolute Gasteiger partial charge is 0.492 e. The highest BCUT2D eigenvalue weighted by Gasteiger charge is 2.16. The van der Waals surface area contributed by atoms with Crippen LogP contribution >= 0.6 is 12.4 Å². The molecule has 1 saturated heterocycles. The van der Waals surface area contributed by atoms with E-state index in [1.54, 1.807) is 12.1 Å². The first kappa shape index (κ1) is 18.2. The van der Waals surface area contributed by atoms with Crippen molar-refractivity contribution in [2.45, 2.75) is 23.8 Å². The molecule has 1 heterocycles. The lowest BCUT2D eigenvalue weighted by molar-refractivity contribution is 0.171. The standard InChI is InChI=1S/C13H21N3O3S.ClH/c14-11-2-1-7-16(10-11)8-9-19-12-3-5-13(6-4-12)20(15,17)18;/h3-6,11H,1-2,7-10,14H2,(H2,15,17,18);1H/t11-;/m1./s1. The summed E-state index contributed by atoms with van der Waals surface area (Å²) in [6.45, 7) is 3.35. The van der Waals surface area contributed by atoms with E-state index in [4.69, 9.17) is 15.6 Å². The van der Waals surface area contributed by atoms with Crippen LogP contribution in [0, 0.1) is 0 Å². The van der Waals surface area contributed by atoms with Gasteiger partial charge in [-0.25, -0.2) is 13.6 Å². The molecule has 6 nitrogen and oxygen atoms in total. The third-order valence-corrected chi connectivity index (χ3v) is 4.30. The van der Waals surface area contributed by atoms with Crippen LogP contribution < -0.4 is 15.6 Å². The van der Waals surface area contributed by atoms with Gasteiger partial charge in [0.15, 0.2) is 0 Å². The minimum Gasteiger partial charge on any atom is -0.492 e. The van der Waals surface area contributed by atoms with Crippen molar-refractivity contribution in [3.05, 3.63) is 24.3 Å². The van der Waals surface area contributed by atoms with Gasteiger partial charge in [0, 0.05) is 19.1 Å². The fourth-order valence-corrected chi connectivity index (χ4v) is 2.83. The number of nitrogens with two attached hydrogens (primary N) is 2. The van der Waals surface area contributed by atoms with Crippen molar-refractivity contribution in [3.63, 3.8) is 0 Å². The molecule has 0 bridgehead atoms. The minimum absolute atomic E-state index is 0. The Kier molecular flexibility index (Phi) is 6.89. The van der Waals surface area contributed by atoms with Crippen LogP contribution in [-0.2, 0) is 10.0 Å². The quantitative estimate of drug-likeness (QED) is 0.819. The first-order valence-corrected chi connectivity index (χ1v) is 8.23. The van der Waals surface area contributed by atoms with Crippen molar-refractivity contribution in [2.75, 3.05) is 26.2 Å².